The summed E-state index contributed by atoms with van der Waals surface area (Å²) in [5.74, 6) is 1.35. The molecule has 3 aliphatic rings. The van der Waals surface area contributed by atoms with Gasteiger partial charge in [-0.2, -0.15) is 0 Å². The SMILES string of the molecule is CC(C)(C)C(=O)N1CCC[C@H]1c1nc2c(c(=O)[nH]1)CN(C(=O)CC1CCCCC1)CC2. The van der Waals surface area contributed by atoms with Crippen molar-refractivity contribution in [3.05, 3.63) is 27.4 Å². The topological polar surface area (TPSA) is 86.4 Å². The highest BCUT2D eigenvalue weighted by molar-refractivity contribution is 5.82. The minimum absolute atomic E-state index is 0.0925. The maximum atomic E-state index is 12.9. The van der Waals surface area contributed by atoms with E-state index in [4.69, 9.17) is 4.98 Å². The largest absolute Gasteiger partial charge is 0.338 e. The number of H-pyrrole nitrogens is 1. The van der Waals surface area contributed by atoms with Crippen LogP contribution >= 0.6 is 0 Å². The van der Waals surface area contributed by atoms with E-state index in [1.165, 1.54) is 19.3 Å². The van der Waals surface area contributed by atoms with Crippen molar-refractivity contribution < 1.29 is 9.59 Å². The Kier molecular flexibility index (Phi) is 6.22. The molecular formula is C24H36N4O3. The van der Waals surface area contributed by atoms with E-state index in [1.54, 1.807) is 0 Å². The number of nitrogens with one attached hydrogen (secondary N) is 1. The lowest BCUT2D eigenvalue weighted by molar-refractivity contribution is -0.140. The highest BCUT2D eigenvalue weighted by Gasteiger charge is 2.37. The van der Waals surface area contributed by atoms with Crippen LogP contribution in [0.1, 0.15) is 95.3 Å². The molecule has 2 aliphatic heterocycles. The van der Waals surface area contributed by atoms with Gasteiger partial charge in [-0.15, -0.1) is 0 Å². The molecule has 0 bridgehead atoms. The van der Waals surface area contributed by atoms with Crippen LogP contribution in [0.3, 0.4) is 0 Å². The molecule has 1 atom stereocenters. The van der Waals surface area contributed by atoms with Crippen LogP contribution in [0, 0.1) is 11.3 Å². The minimum atomic E-state index is -0.462. The summed E-state index contributed by atoms with van der Waals surface area (Å²) in [6.45, 7) is 7.43. The first kappa shape index (κ1) is 22.0. The fourth-order valence-corrected chi connectivity index (χ4v) is 5.31. The molecule has 1 aromatic heterocycles. The Morgan fingerprint density at radius 3 is 2.52 bits per heavy atom. The number of carbonyl (C=O) groups excluding carboxylic acids is 2. The Morgan fingerprint density at radius 1 is 1.06 bits per heavy atom. The van der Waals surface area contributed by atoms with Crippen molar-refractivity contribution in [2.75, 3.05) is 13.1 Å². The monoisotopic (exact) mass is 428 g/mol. The molecule has 7 heteroatoms. The Bertz CT molecular complexity index is 895. The smallest absolute Gasteiger partial charge is 0.256 e. The van der Waals surface area contributed by atoms with E-state index in [-0.39, 0.29) is 23.4 Å². The van der Waals surface area contributed by atoms with Crippen LogP contribution in [0.5, 0.6) is 0 Å². The molecule has 1 N–H and O–H groups in total. The van der Waals surface area contributed by atoms with Gasteiger partial charge in [0.1, 0.15) is 5.82 Å². The van der Waals surface area contributed by atoms with E-state index in [9.17, 15) is 14.4 Å². The van der Waals surface area contributed by atoms with Gasteiger partial charge >= 0.3 is 0 Å². The lowest BCUT2D eigenvalue weighted by Gasteiger charge is -2.32. The number of carbonyl (C=O) groups is 2. The van der Waals surface area contributed by atoms with Gasteiger partial charge in [0, 0.05) is 31.3 Å². The number of nitrogens with zero attached hydrogens (tertiary/aromatic N) is 3. The fraction of sp³-hybridized carbons (Fsp3) is 0.750. The predicted octanol–water partition coefficient (Wildman–Crippen LogP) is 3.33. The third-order valence-corrected chi connectivity index (χ3v) is 7.10. The Balaban J connectivity index is 1.49. The van der Waals surface area contributed by atoms with Crippen molar-refractivity contribution in [2.45, 2.75) is 91.1 Å². The number of fused-ring (bicyclic) bond motifs is 1. The summed E-state index contributed by atoms with van der Waals surface area (Å²) < 4.78 is 0. The molecule has 0 radical (unpaired) electrons. The predicted molar refractivity (Wildman–Crippen MR) is 118 cm³/mol. The van der Waals surface area contributed by atoms with E-state index in [2.05, 4.69) is 4.98 Å². The van der Waals surface area contributed by atoms with Crippen molar-refractivity contribution in [2.24, 2.45) is 11.3 Å². The summed E-state index contributed by atoms with van der Waals surface area (Å²) in [4.78, 5) is 50.1. The van der Waals surface area contributed by atoms with Crippen LogP contribution in [-0.2, 0) is 22.6 Å². The highest BCUT2D eigenvalue weighted by atomic mass is 16.2. The number of hydrogen-bond donors (Lipinski definition) is 1. The van der Waals surface area contributed by atoms with Gasteiger partial charge in [-0.25, -0.2) is 4.98 Å². The van der Waals surface area contributed by atoms with Gasteiger partial charge in [-0.3, -0.25) is 14.4 Å². The molecule has 7 nitrogen and oxygen atoms in total. The summed E-state index contributed by atoms with van der Waals surface area (Å²) in [5, 5.41) is 0. The maximum absolute atomic E-state index is 12.9. The van der Waals surface area contributed by atoms with Gasteiger partial charge in [0.15, 0.2) is 0 Å². The van der Waals surface area contributed by atoms with E-state index in [1.807, 2.05) is 30.6 Å². The minimum Gasteiger partial charge on any atom is -0.338 e. The molecular weight excluding hydrogens is 392 g/mol. The number of aromatic amines is 1. The quantitative estimate of drug-likeness (QED) is 0.800. The second-order valence-electron chi connectivity index (χ2n) is 10.6. The zero-order valence-electron chi connectivity index (χ0n) is 19.2. The van der Waals surface area contributed by atoms with Gasteiger partial charge in [0.05, 0.1) is 23.8 Å². The molecule has 1 saturated heterocycles. The van der Waals surface area contributed by atoms with Crippen LogP contribution in [-0.4, -0.2) is 44.7 Å². The number of amides is 2. The van der Waals surface area contributed by atoms with E-state index in [0.717, 1.165) is 31.4 Å². The average Bonchev–Trinajstić information content (AvgIpc) is 3.22. The molecule has 1 aromatic rings. The number of likely N-dealkylation sites (tertiary alicyclic amines) is 1. The molecule has 3 heterocycles. The Hall–Kier alpha value is -2.18. The molecule has 1 saturated carbocycles. The first-order valence-corrected chi connectivity index (χ1v) is 11.9. The van der Waals surface area contributed by atoms with Crippen molar-refractivity contribution >= 4 is 11.8 Å². The lowest BCUT2D eigenvalue weighted by Crippen LogP contribution is -2.42. The zero-order valence-corrected chi connectivity index (χ0v) is 19.2. The molecule has 1 aliphatic carbocycles. The van der Waals surface area contributed by atoms with Crippen LogP contribution in [0.15, 0.2) is 4.79 Å². The van der Waals surface area contributed by atoms with Gasteiger partial charge in [-0.05, 0) is 31.6 Å². The number of aromatic nitrogens is 2. The summed E-state index contributed by atoms with van der Waals surface area (Å²) in [7, 11) is 0. The molecule has 0 unspecified atom stereocenters. The molecule has 2 fully saturated rings. The highest BCUT2D eigenvalue weighted by Crippen LogP contribution is 2.34. The summed E-state index contributed by atoms with van der Waals surface area (Å²) in [6, 6.07) is -0.171. The average molecular weight is 429 g/mol. The normalized spacial score (nSPS) is 22.5. The van der Waals surface area contributed by atoms with Crippen molar-refractivity contribution in [1.82, 2.24) is 19.8 Å². The third-order valence-electron chi connectivity index (χ3n) is 7.10. The molecule has 0 aromatic carbocycles. The maximum Gasteiger partial charge on any atom is 0.256 e. The number of rotatable bonds is 3. The first-order valence-electron chi connectivity index (χ1n) is 11.9. The van der Waals surface area contributed by atoms with Crippen LogP contribution in [0.4, 0.5) is 0 Å². The molecule has 4 rings (SSSR count). The van der Waals surface area contributed by atoms with E-state index < -0.39 is 5.41 Å². The fourth-order valence-electron chi connectivity index (χ4n) is 5.31. The van der Waals surface area contributed by atoms with E-state index >= 15 is 0 Å². The summed E-state index contributed by atoms with van der Waals surface area (Å²) >= 11 is 0. The molecule has 31 heavy (non-hydrogen) atoms. The zero-order chi connectivity index (χ0) is 22.2. The molecule has 0 spiro atoms. The van der Waals surface area contributed by atoms with E-state index in [0.29, 0.717) is 49.8 Å². The summed E-state index contributed by atoms with van der Waals surface area (Å²) in [5.41, 5.74) is 0.774. The van der Waals surface area contributed by atoms with Crippen LogP contribution in [0.2, 0.25) is 0 Å². The van der Waals surface area contributed by atoms with Crippen molar-refractivity contribution in [3.8, 4) is 0 Å². The van der Waals surface area contributed by atoms with Crippen molar-refractivity contribution in [3.63, 3.8) is 0 Å². The van der Waals surface area contributed by atoms with Gasteiger partial charge < -0.3 is 14.8 Å². The second-order valence-corrected chi connectivity index (χ2v) is 10.6. The standard InChI is InChI=1S/C24H36N4O3/c1-24(2,3)23(31)28-12-7-10-19(28)21-25-18-11-13-27(15-17(18)22(30)26-21)20(29)14-16-8-5-4-6-9-16/h16,19H,4-15H2,1-3H3,(H,25,26,30)/t19-/m0/s1. The second kappa shape index (κ2) is 8.75. The lowest BCUT2D eigenvalue weighted by atomic mass is 9.86. The summed E-state index contributed by atoms with van der Waals surface area (Å²) in [6.07, 6.45) is 8.95. The van der Waals surface area contributed by atoms with Crippen molar-refractivity contribution in [1.29, 1.82) is 0 Å². The first-order chi connectivity index (χ1) is 14.7. The third kappa shape index (κ3) is 4.70. The Labute approximate surface area is 184 Å². The van der Waals surface area contributed by atoms with Crippen LogP contribution < -0.4 is 5.56 Å². The van der Waals surface area contributed by atoms with Gasteiger partial charge in [-0.1, -0.05) is 40.0 Å². The van der Waals surface area contributed by atoms with Gasteiger partial charge in [0.25, 0.3) is 5.56 Å². The van der Waals surface area contributed by atoms with Crippen LogP contribution in [0.25, 0.3) is 0 Å². The number of hydrogen-bond acceptors (Lipinski definition) is 4. The molecule has 170 valence electrons. The van der Waals surface area contributed by atoms with Gasteiger partial charge in [0.2, 0.25) is 11.8 Å². The molecule has 2 amide bonds. The Morgan fingerprint density at radius 2 is 1.81 bits per heavy atom.